The number of hydrogen-bond acceptors (Lipinski definition) is 2. The summed E-state index contributed by atoms with van der Waals surface area (Å²) in [7, 11) is 6.43. The first-order valence-electron chi connectivity index (χ1n) is 5.35. The van der Waals surface area contributed by atoms with Gasteiger partial charge in [-0.25, -0.2) is 0 Å². The second-order valence-electron chi connectivity index (χ2n) is 5.01. The summed E-state index contributed by atoms with van der Waals surface area (Å²) < 4.78 is 0. The van der Waals surface area contributed by atoms with Crippen molar-refractivity contribution in [3.63, 3.8) is 0 Å². The van der Waals surface area contributed by atoms with Crippen LogP contribution in [0.25, 0.3) is 0 Å². The fourth-order valence-corrected chi connectivity index (χ4v) is 2.22. The molecule has 0 spiro atoms. The summed E-state index contributed by atoms with van der Waals surface area (Å²) in [5.74, 6) is 0.891. The molecular formula is C11H24N2. The summed E-state index contributed by atoms with van der Waals surface area (Å²) >= 11 is 0. The first-order chi connectivity index (χ1) is 6.00. The average molecular weight is 184 g/mol. The minimum atomic E-state index is 0.264. The van der Waals surface area contributed by atoms with E-state index < -0.39 is 0 Å². The van der Waals surface area contributed by atoms with E-state index in [1.807, 2.05) is 0 Å². The van der Waals surface area contributed by atoms with Crippen molar-refractivity contribution >= 4 is 0 Å². The van der Waals surface area contributed by atoms with Crippen LogP contribution in [0.2, 0.25) is 0 Å². The summed E-state index contributed by atoms with van der Waals surface area (Å²) in [6.07, 6.45) is 4.23. The van der Waals surface area contributed by atoms with E-state index in [9.17, 15) is 0 Å². The first-order valence-corrected chi connectivity index (χ1v) is 5.35. The Labute approximate surface area is 82.7 Å². The molecule has 1 unspecified atom stereocenters. The Morgan fingerprint density at radius 1 is 1.31 bits per heavy atom. The van der Waals surface area contributed by atoms with Crippen molar-refractivity contribution in [3.8, 4) is 0 Å². The quantitative estimate of drug-likeness (QED) is 0.715. The molecular weight excluding hydrogens is 160 g/mol. The van der Waals surface area contributed by atoms with Gasteiger partial charge in [-0.05, 0) is 53.8 Å². The van der Waals surface area contributed by atoms with Crippen molar-refractivity contribution in [1.82, 2.24) is 10.2 Å². The molecule has 2 heteroatoms. The number of nitrogens with zero attached hydrogens (tertiary/aromatic N) is 1. The van der Waals surface area contributed by atoms with Gasteiger partial charge in [0.1, 0.15) is 0 Å². The maximum Gasteiger partial charge on any atom is 0.0302 e. The maximum atomic E-state index is 3.48. The Kier molecular flexibility index (Phi) is 3.36. The normalized spacial score (nSPS) is 21.7. The second kappa shape index (κ2) is 3.97. The van der Waals surface area contributed by atoms with Crippen LogP contribution in [0, 0.1) is 5.92 Å². The molecule has 1 aliphatic carbocycles. The molecule has 0 amide bonds. The van der Waals surface area contributed by atoms with Gasteiger partial charge in [0, 0.05) is 11.6 Å². The lowest BCUT2D eigenvalue weighted by atomic mass is 9.72. The number of rotatable bonds is 4. The SMILES string of the molecule is CNC(C1CCC1)C(C)(C)N(C)C. The fraction of sp³-hybridized carbons (Fsp3) is 1.00. The molecule has 13 heavy (non-hydrogen) atoms. The summed E-state index contributed by atoms with van der Waals surface area (Å²) in [4.78, 5) is 2.33. The lowest BCUT2D eigenvalue weighted by Crippen LogP contribution is -2.58. The molecule has 1 rings (SSSR count). The highest BCUT2D eigenvalue weighted by Crippen LogP contribution is 2.35. The highest BCUT2D eigenvalue weighted by atomic mass is 15.2. The van der Waals surface area contributed by atoms with Gasteiger partial charge < -0.3 is 10.2 Å². The summed E-state index contributed by atoms with van der Waals surface area (Å²) in [5.41, 5.74) is 0.264. The lowest BCUT2D eigenvalue weighted by molar-refractivity contribution is 0.0762. The number of nitrogens with one attached hydrogen (secondary N) is 1. The van der Waals surface area contributed by atoms with Crippen molar-refractivity contribution < 1.29 is 0 Å². The van der Waals surface area contributed by atoms with Gasteiger partial charge in [0.25, 0.3) is 0 Å². The zero-order valence-electron chi connectivity index (χ0n) is 9.72. The first kappa shape index (κ1) is 11.0. The Balaban J connectivity index is 2.63. The van der Waals surface area contributed by atoms with Crippen LogP contribution in [0.3, 0.4) is 0 Å². The topological polar surface area (TPSA) is 15.3 Å². The van der Waals surface area contributed by atoms with Gasteiger partial charge in [-0.1, -0.05) is 6.42 Å². The third kappa shape index (κ3) is 2.05. The molecule has 78 valence electrons. The number of hydrogen-bond donors (Lipinski definition) is 1. The van der Waals surface area contributed by atoms with Crippen LogP contribution in [0.1, 0.15) is 33.1 Å². The van der Waals surface area contributed by atoms with Gasteiger partial charge in [-0.3, -0.25) is 0 Å². The molecule has 0 heterocycles. The zero-order chi connectivity index (χ0) is 10.1. The lowest BCUT2D eigenvalue weighted by Gasteiger charge is -2.47. The van der Waals surface area contributed by atoms with Crippen LogP contribution in [-0.4, -0.2) is 37.6 Å². The monoisotopic (exact) mass is 184 g/mol. The van der Waals surface area contributed by atoms with E-state index in [0.717, 1.165) is 5.92 Å². The van der Waals surface area contributed by atoms with E-state index in [-0.39, 0.29) is 5.54 Å². The van der Waals surface area contributed by atoms with E-state index in [0.29, 0.717) is 6.04 Å². The Hall–Kier alpha value is -0.0800. The Morgan fingerprint density at radius 2 is 1.85 bits per heavy atom. The highest BCUT2D eigenvalue weighted by Gasteiger charge is 2.38. The molecule has 1 fully saturated rings. The standard InChI is InChI=1S/C11H24N2/c1-11(2,13(4)5)10(12-3)9-7-6-8-9/h9-10,12H,6-8H2,1-5H3. The van der Waals surface area contributed by atoms with Crippen molar-refractivity contribution in [2.24, 2.45) is 5.92 Å². The molecule has 2 nitrogen and oxygen atoms in total. The van der Waals surface area contributed by atoms with Crippen molar-refractivity contribution in [2.45, 2.75) is 44.7 Å². The minimum Gasteiger partial charge on any atom is -0.315 e. The molecule has 1 N–H and O–H groups in total. The molecule has 0 bridgehead atoms. The molecule has 1 atom stereocenters. The minimum absolute atomic E-state index is 0.264. The average Bonchev–Trinajstić information content (AvgIpc) is 1.95. The maximum absolute atomic E-state index is 3.48. The fourth-order valence-electron chi connectivity index (χ4n) is 2.22. The zero-order valence-corrected chi connectivity index (χ0v) is 9.72. The molecule has 1 aliphatic rings. The van der Waals surface area contributed by atoms with Crippen molar-refractivity contribution in [1.29, 1.82) is 0 Å². The molecule has 0 saturated heterocycles. The summed E-state index contributed by atoms with van der Waals surface area (Å²) in [5, 5.41) is 3.48. The second-order valence-corrected chi connectivity index (χ2v) is 5.01. The van der Waals surface area contributed by atoms with Crippen molar-refractivity contribution in [2.75, 3.05) is 21.1 Å². The molecule has 0 aromatic heterocycles. The largest absolute Gasteiger partial charge is 0.315 e. The molecule has 0 radical (unpaired) electrons. The van der Waals surface area contributed by atoms with Crippen molar-refractivity contribution in [3.05, 3.63) is 0 Å². The highest BCUT2D eigenvalue weighted by molar-refractivity contribution is 4.97. The van der Waals surface area contributed by atoms with Crippen LogP contribution in [0.5, 0.6) is 0 Å². The Morgan fingerprint density at radius 3 is 2.08 bits per heavy atom. The van der Waals surface area contributed by atoms with Crippen LogP contribution in [0.4, 0.5) is 0 Å². The molecule has 1 saturated carbocycles. The number of likely N-dealkylation sites (N-methyl/N-ethyl adjacent to an activating group) is 2. The van der Waals surface area contributed by atoms with Gasteiger partial charge in [0.15, 0.2) is 0 Å². The van der Waals surface area contributed by atoms with E-state index in [2.05, 4.69) is 45.2 Å². The van der Waals surface area contributed by atoms with Gasteiger partial charge in [0.2, 0.25) is 0 Å². The summed E-state index contributed by atoms with van der Waals surface area (Å²) in [6, 6.07) is 0.635. The smallest absolute Gasteiger partial charge is 0.0302 e. The van der Waals surface area contributed by atoms with Gasteiger partial charge in [-0.2, -0.15) is 0 Å². The van der Waals surface area contributed by atoms with E-state index in [1.54, 1.807) is 0 Å². The van der Waals surface area contributed by atoms with E-state index in [4.69, 9.17) is 0 Å². The molecule has 0 aliphatic heterocycles. The third-order valence-corrected chi connectivity index (χ3v) is 3.85. The van der Waals surface area contributed by atoms with Gasteiger partial charge in [-0.15, -0.1) is 0 Å². The molecule has 0 aromatic rings. The van der Waals surface area contributed by atoms with Gasteiger partial charge in [0.05, 0.1) is 0 Å². The van der Waals surface area contributed by atoms with Crippen LogP contribution in [0.15, 0.2) is 0 Å². The van der Waals surface area contributed by atoms with Crippen LogP contribution < -0.4 is 5.32 Å². The van der Waals surface area contributed by atoms with Gasteiger partial charge >= 0.3 is 0 Å². The predicted molar refractivity (Wildman–Crippen MR) is 58.0 cm³/mol. The molecule has 0 aromatic carbocycles. The predicted octanol–water partition coefficient (Wildman–Crippen LogP) is 1.71. The van der Waals surface area contributed by atoms with Crippen LogP contribution in [-0.2, 0) is 0 Å². The summed E-state index contributed by atoms with van der Waals surface area (Å²) in [6.45, 7) is 4.65. The van der Waals surface area contributed by atoms with E-state index in [1.165, 1.54) is 19.3 Å². The van der Waals surface area contributed by atoms with E-state index >= 15 is 0 Å². The Bertz CT molecular complexity index is 159. The third-order valence-electron chi connectivity index (χ3n) is 3.85. The van der Waals surface area contributed by atoms with Crippen LogP contribution >= 0.6 is 0 Å².